The van der Waals surface area contributed by atoms with Gasteiger partial charge < -0.3 is 5.73 Å². The second-order valence-corrected chi connectivity index (χ2v) is 6.99. The second-order valence-electron chi connectivity index (χ2n) is 6.99. The van der Waals surface area contributed by atoms with Crippen molar-refractivity contribution in [2.24, 2.45) is 5.73 Å². The summed E-state index contributed by atoms with van der Waals surface area (Å²) in [6.07, 6.45) is 9.36. The Morgan fingerprint density at radius 3 is 2.67 bits per heavy atom. The van der Waals surface area contributed by atoms with E-state index in [9.17, 15) is 0 Å². The Labute approximate surface area is 112 Å². The summed E-state index contributed by atoms with van der Waals surface area (Å²) in [4.78, 5) is 5.39. The smallest absolute Gasteiger partial charge is 0.0283 e. The highest BCUT2D eigenvalue weighted by Gasteiger charge is 2.38. The fourth-order valence-corrected chi connectivity index (χ4v) is 4.29. The van der Waals surface area contributed by atoms with Gasteiger partial charge in [0.05, 0.1) is 0 Å². The number of fused-ring (bicyclic) bond motifs is 1. The highest BCUT2D eigenvalue weighted by molar-refractivity contribution is 4.96. The highest BCUT2D eigenvalue weighted by Crippen LogP contribution is 2.30. The third-order valence-corrected chi connectivity index (χ3v) is 5.43. The third kappa shape index (κ3) is 2.59. The molecule has 2 heterocycles. The van der Waals surface area contributed by atoms with E-state index in [2.05, 4.69) is 16.7 Å². The van der Waals surface area contributed by atoms with Gasteiger partial charge >= 0.3 is 0 Å². The summed E-state index contributed by atoms with van der Waals surface area (Å²) in [6.45, 7) is 7.39. The van der Waals surface area contributed by atoms with E-state index in [4.69, 9.17) is 5.73 Å². The van der Waals surface area contributed by atoms with E-state index in [1.165, 1.54) is 64.6 Å². The summed E-state index contributed by atoms with van der Waals surface area (Å²) < 4.78 is 0. The van der Waals surface area contributed by atoms with Gasteiger partial charge in [0.1, 0.15) is 0 Å². The van der Waals surface area contributed by atoms with Gasteiger partial charge in [-0.2, -0.15) is 0 Å². The first-order valence-corrected chi connectivity index (χ1v) is 7.93. The number of piperazine rings is 1. The Morgan fingerprint density at radius 2 is 1.89 bits per heavy atom. The summed E-state index contributed by atoms with van der Waals surface area (Å²) in [5, 5.41) is 0. The minimum absolute atomic E-state index is 0.118. The van der Waals surface area contributed by atoms with Crippen molar-refractivity contribution in [3.8, 4) is 0 Å². The van der Waals surface area contributed by atoms with Crippen LogP contribution in [0.4, 0.5) is 0 Å². The third-order valence-electron chi connectivity index (χ3n) is 5.43. The number of hydrogen-bond donors (Lipinski definition) is 1. The average Bonchev–Trinajstić information content (AvgIpc) is 2.77. The van der Waals surface area contributed by atoms with Crippen molar-refractivity contribution in [3.63, 3.8) is 0 Å². The number of hydrogen-bond acceptors (Lipinski definition) is 3. The van der Waals surface area contributed by atoms with Gasteiger partial charge in [0.15, 0.2) is 0 Å². The van der Waals surface area contributed by atoms with Crippen molar-refractivity contribution in [2.45, 2.75) is 69.5 Å². The lowest BCUT2D eigenvalue weighted by atomic mass is 9.81. The molecule has 3 nitrogen and oxygen atoms in total. The molecule has 0 amide bonds. The zero-order chi connectivity index (χ0) is 12.6. The van der Waals surface area contributed by atoms with Crippen LogP contribution in [0.25, 0.3) is 0 Å². The van der Waals surface area contributed by atoms with E-state index in [0.29, 0.717) is 6.04 Å². The first-order chi connectivity index (χ1) is 8.66. The molecular formula is C15H29N3. The Morgan fingerprint density at radius 1 is 1.11 bits per heavy atom. The standard InChI is InChI=1S/C15H29N3/c1-13-10-17-9-5-6-14(17)11-18(13)12-15(16)7-3-2-4-8-15/h13-14H,2-12,16H2,1H3. The van der Waals surface area contributed by atoms with Gasteiger partial charge in [-0.25, -0.2) is 0 Å². The van der Waals surface area contributed by atoms with Crippen molar-refractivity contribution in [1.82, 2.24) is 9.80 Å². The monoisotopic (exact) mass is 251 g/mol. The largest absolute Gasteiger partial charge is 0.324 e. The molecule has 0 aromatic rings. The topological polar surface area (TPSA) is 32.5 Å². The van der Waals surface area contributed by atoms with Crippen molar-refractivity contribution in [3.05, 3.63) is 0 Å². The second kappa shape index (κ2) is 5.10. The highest BCUT2D eigenvalue weighted by atomic mass is 15.3. The summed E-state index contributed by atoms with van der Waals surface area (Å²) in [7, 11) is 0. The van der Waals surface area contributed by atoms with Gasteiger partial charge in [0, 0.05) is 37.3 Å². The van der Waals surface area contributed by atoms with E-state index in [1.54, 1.807) is 0 Å². The first kappa shape index (κ1) is 12.9. The molecule has 0 radical (unpaired) electrons. The maximum atomic E-state index is 6.63. The van der Waals surface area contributed by atoms with Gasteiger partial charge in [0.25, 0.3) is 0 Å². The average molecular weight is 251 g/mol. The molecule has 3 aliphatic rings. The fraction of sp³-hybridized carbons (Fsp3) is 1.00. The minimum Gasteiger partial charge on any atom is -0.324 e. The summed E-state index contributed by atoms with van der Waals surface area (Å²) in [6, 6.07) is 1.52. The Kier molecular flexibility index (Phi) is 3.65. The molecule has 104 valence electrons. The normalized spacial score (nSPS) is 37.7. The van der Waals surface area contributed by atoms with Crippen LogP contribution in [0.5, 0.6) is 0 Å². The summed E-state index contributed by atoms with van der Waals surface area (Å²) >= 11 is 0. The van der Waals surface area contributed by atoms with Crippen molar-refractivity contribution in [1.29, 1.82) is 0 Å². The number of nitrogens with zero attached hydrogens (tertiary/aromatic N) is 2. The van der Waals surface area contributed by atoms with Gasteiger partial charge in [-0.15, -0.1) is 0 Å². The lowest BCUT2D eigenvalue weighted by Crippen LogP contribution is -2.60. The molecule has 0 aromatic heterocycles. The van der Waals surface area contributed by atoms with Crippen LogP contribution in [0.1, 0.15) is 51.9 Å². The molecule has 2 aliphatic heterocycles. The molecule has 2 N–H and O–H groups in total. The van der Waals surface area contributed by atoms with E-state index < -0.39 is 0 Å². The molecule has 3 rings (SSSR count). The molecule has 1 saturated carbocycles. The van der Waals surface area contributed by atoms with Crippen molar-refractivity contribution < 1.29 is 0 Å². The van der Waals surface area contributed by atoms with E-state index >= 15 is 0 Å². The van der Waals surface area contributed by atoms with Crippen LogP contribution in [-0.2, 0) is 0 Å². The predicted molar refractivity (Wildman–Crippen MR) is 75.6 cm³/mol. The zero-order valence-corrected chi connectivity index (χ0v) is 11.9. The van der Waals surface area contributed by atoms with Crippen molar-refractivity contribution in [2.75, 3.05) is 26.2 Å². The Bertz CT molecular complexity index is 285. The Balaban J connectivity index is 1.61. The lowest BCUT2D eigenvalue weighted by Gasteiger charge is -2.46. The van der Waals surface area contributed by atoms with Crippen LogP contribution >= 0.6 is 0 Å². The zero-order valence-electron chi connectivity index (χ0n) is 11.9. The summed E-state index contributed by atoms with van der Waals surface area (Å²) in [5.41, 5.74) is 6.75. The van der Waals surface area contributed by atoms with Gasteiger partial charge in [-0.3, -0.25) is 9.80 Å². The maximum absolute atomic E-state index is 6.63. The molecule has 1 aliphatic carbocycles. The van der Waals surface area contributed by atoms with Gasteiger partial charge in [-0.1, -0.05) is 19.3 Å². The van der Waals surface area contributed by atoms with Crippen LogP contribution in [0.2, 0.25) is 0 Å². The SMILES string of the molecule is CC1CN2CCCC2CN1CC1(N)CCCCC1. The van der Waals surface area contributed by atoms with Gasteiger partial charge in [-0.05, 0) is 39.2 Å². The van der Waals surface area contributed by atoms with Crippen LogP contribution in [0.15, 0.2) is 0 Å². The molecule has 2 saturated heterocycles. The number of rotatable bonds is 2. The molecule has 0 spiro atoms. The van der Waals surface area contributed by atoms with Crippen LogP contribution in [-0.4, -0.2) is 53.6 Å². The van der Waals surface area contributed by atoms with Crippen LogP contribution in [0, 0.1) is 0 Å². The fourth-order valence-electron chi connectivity index (χ4n) is 4.29. The first-order valence-electron chi connectivity index (χ1n) is 7.93. The molecule has 3 heteroatoms. The van der Waals surface area contributed by atoms with Crippen LogP contribution in [0.3, 0.4) is 0 Å². The van der Waals surface area contributed by atoms with Gasteiger partial charge in [0.2, 0.25) is 0 Å². The lowest BCUT2D eigenvalue weighted by molar-refractivity contribution is 0.0368. The number of nitrogens with two attached hydrogens (primary N) is 1. The van der Waals surface area contributed by atoms with E-state index in [1.807, 2.05) is 0 Å². The Hall–Kier alpha value is -0.120. The quantitative estimate of drug-likeness (QED) is 0.812. The molecule has 18 heavy (non-hydrogen) atoms. The molecule has 2 unspecified atom stereocenters. The van der Waals surface area contributed by atoms with Crippen molar-refractivity contribution >= 4 is 0 Å². The molecule has 0 aromatic carbocycles. The predicted octanol–water partition coefficient (Wildman–Crippen LogP) is 1.82. The maximum Gasteiger partial charge on any atom is 0.0283 e. The molecular weight excluding hydrogens is 222 g/mol. The van der Waals surface area contributed by atoms with E-state index in [0.717, 1.165) is 12.6 Å². The molecule has 0 bridgehead atoms. The van der Waals surface area contributed by atoms with Crippen LogP contribution < -0.4 is 5.73 Å². The minimum atomic E-state index is 0.118. The summed E-state index contributed by atoms with van der Waals surface area (Å²) in [5.74, 6) is 0. The molecule has 2 atom stereocenters. The molecule has 3 fully saturated rings. The van der Waals surface area contributed by atoms with E-state index in [-0.39, 0.29) is 5.54 Å².